The topological polar surface area (TPSA) is 106 Å². The van der Waals surface area contributed by atoms with E-state index in [2.05, 4.69) is 25.6 Å². The number of aromatic nitrogens is 3. The van der Waals surface area contributed by atoms with E-state index >= 15 is 0 Å². The Balaban J connectivity index is 1.53. The largest absolute Gasteiger partial charge is 0.496 e. The summed E-state index contributed by atoms with van der Waals surface area (Å²) in [7, 11) is 1.55. The van der Waals surface area contributed by atoms with Gasteiger partial charge in [-0.05, 0) is 50.1 Å². The smallest absolute Gasteiger partial charge is 0.280 e. The number of alkyl halides is 2. The van der Waals surface area contributed by atoms with Gasteiger partial charge >= 0.3 is 0 Å². The molecular formula is C30H29F2N5O3S. The molecular weight excluding hydrogens is 548 g/mol. The third kappa shape index (κ3) is 6.14. The molecule has 0 saturated carbocycles. The van der Waals surface area contributed by atoms with Crippen molar-refractivity contribution in [3.63, 3.8) is 0 Å². The van der Waals surface area contributed by atoms with Gasteiger partial charge in [0, 0.05) is 52.5 Å². The number of allylic oxidation sites excluding steroid dienone is 3. The lowest BCUT2D eigenvalue weighted by Crippen LogP contribution is -2.41. The van der Waals surface area contributed by atoms with E-state index in [-0.39, 0.29) is 22.5 Å². The maximum Gasteiger partial charge on any atom is 0.280 e. The highest BCUT2D eigenvalue weighted by atomic mass is 32.2. The summed E-state index contributed by atoms with van der Waals surface area (Å²) in [4.78, 5) is 39.5. The van der Waals surface area contributed by atoms with E-state index in [1.54, 1.807) is 44.5 Å². The van der Waals surface area contributed by atoms with Crippen molar-refractivity contribution in [2.75, 3.05) is 12.4 Å². The number of methoxy groups -OCH3 is 1. The standard InChI is InChI=1S/C30H29F2N5O3S/c1-16-13-21(28(31)32)36-30(34-16)41-15-19-14-18(10-11-23(19)40-3)26-25(29(39)37-24-9-4-5-12-33-24)17(2)35-20-7-6-8-22(38)27(20)26/h4-5,7,9-14,26-28,35H,6,8,15H2,1-3H3,(H,33,37,39). The van der Waals surface area contributed by atoms with Crippen molar-refractivity contribution >= 4 is 29.3 Å². The van der Waals surface area contributed by atoms with E-state index in [9.17, 15) is 18.4 Å². The van der Waals surface area contributed by atoms with Gasteiger partial charge in [0.1, 0.15) is 23.0 Å². The molecule has 2 unspecified atom stereocenters. The van der Waals surface area contributed by atoms with Gasteiger partial charge in [0.15, 0.2) is 5.16 Å². The minimum atomic E-state index is -2.70. The fourth-order valence-corrected chi connectivity index (χ4v) is 6.17. The molecule has 0 spiro atoms. The Hall–Kier alpha value is -4.12. The van der Waals surface area contributed by atoms with Gasteiger partial charge < -0.3 is 15.4 Å². The van der Waals surface area contributed by atoms with Gasteiger partial charge in [-0.3, -0.25) is 9.59 Å². The summed E-state index contributed by atoms with van der Waals surface area (Å²) in [6.45, 7) is 3.47. The number of rotatable bonds is 8. The molecule has 2 N–H and O–H groups in total. The number of nitrogens with one attached hydrogen (secondary N) is 2. The number of carbonyl (C=O) groups is 2. The van der Waals surface area contributed by atoms with Gasteiger partial charge in [-0.25, -0.2) is 23.7 Å². The van der Waals surface area contributed by atoms with Crippen LogP contribution in [0.25, 0.3) is 0 Å². The molecule has 5 rings (SSSR count). The quantitative estimate of drug-likeness (QED) is 0.253. The number of ether oxygens (including phenoxy) is 1. The molecule has 1 aromatic carbocycles. The molecule has 2 aromatic heterocycles. The second-order valence-corrected chi connectivity index (χ2v) is 10.8. The lowest BCUT2D eigenvalue weighted by atomic mass is 9.70. The fraction of sp³-hybridized carbons (Fsp3) is 0.300. The Kier molecular flexibility index (Phi) is 8.44. The average Bonchev–Trinajstić information content (AvgIpc) is 2.95. The van der Waals surface area contributed by atoms with E-state index in [1.165, 1.54) is 17.8 Å². The molecule has 8 nitrogen and oxygen atoms in total. The number of halogens is 2. The zero-order valence-electron chi connectivity index (χ0n) is 22.8. The number of thioether (sulfide) groups is 1. The number of fused-ring (bicyclic) bond motifs is 1. The first-order valence-electron chi connectivity index (χ1n) is 13.1. The molecule has 0 radical (unpaired) electrons. The number of hydrogen-bond donors (Lipinski definition) is 2. The van der Waals surface area contributed by atoms with Crippen LogP contribution in [-0.2, 0) is 15.3 Å². The van der Waals surface area contributed by atoms with Crippen LogP contribution < -0.4 is 15.4 Å². The normalized spacial score (nSPS) is 18.5. The summed E-state index contributed by atoms with van der Waals surface area (Å²) in [5, 5.41) is 6.40. The maximum atomic E-state index is 13.7. The van der Waals surface area contributed by atoms with Crippen molar-refractivity contribution in [1.82, 2.24) is 20.3 Å². The number of pyridine rings is 1. The van der Waals surface area contributed by atoms with Crippen molar-refractivity contribution in [2.45, 2.75) is 49.9 Å². The number of nitrogens with zero attached hydrogens (tertiary/aromatic N) is 3. The first-order valence-corrected chi connectivity index (χ1v) is 14.1. The highest BCUT2D eigenvalue weighted by molar-refractivity contribution is 7.98. The third-order valence-corrected chi connectivity index (χ3v) is 7.96. The number of amides is 1. The van der Waals surface area contributed by atoms with E-state index < -0.39 is 18.3 Å². The third-order valence-electron chi connectivity index (χ3n) is 7.07. The Labute approximate surface area is 240 Å². The number of carbonyl (C=O) groups excluding carboxylic acids is 2. The minimum Gasteiger partial charge on any atom is -0.496 e. The first-order chi connectivity index (χ1) is 19.7. The highest BCUT2D eigenvalue weighted by Crippen LogP contribution is 2.45. The van der Waals surface area contributed by atoms with Crippen LogP contribution in [0, 0.1) is 12.8 Å². The second-order valence-electron chi connectivity index (χ2n) is 9.83. The zero-order valence-corrected chi connectivity index (χ0v) is 23.6. The van der Waals surface area contributed by atoms with Crippen LogP contribution in [0.15, 0.2) is 76.9 Å². The molecule has 3 heterocycles. The molecule has 11 heteroatoms. The zero-order chi connectivity index (χ0) is 29.1. The summed E-state index contributed by atoms with van der Waals surface area (Å²) in [6.07, 6.45) is 1.93. The fourth-order valence-electron chi connectivity index (χ4n) is 5.28. The van der Waals surface area contributed by atoms with Crippen LogP contribution >= 0.6 is 11.8 Å². The van der Waals surface area contributed by atoms with Crippen LogP contribution in [0.3, 0.4) is 0 Å². The van der Waals surface area contributed by atoms with Crippen LogP contribution in [0.2, 0.25) is 0 Å². The van der Waals surface area contributed by atoms with E-state index in [4.69, 9.17) is 4.74 Å². The van der Waals surface area contributed by atoms with Gasteiger partial charge in [-0.2, -0.15) is 0 Å². The van der Waals surface area contributed by atoms with Crippen molar-refractivity contribution in [2.24, 2.45) is 5.92 Å². The molecule has 0 saturated heterocycles. The SMILES string of the molecule is COc1ccc(C2C(C(=O)Nc3ccccn3)=C(C)NC3=CCCC(=O)C32)cc1CSc1nc(C)cc(C(F)F)n1. The summed E-state index contributed by atoms with van der Waals surface area (Å²) in [6, 6.07) is 12.1. The molecule has 1 aliphatic heterocycles. The molecule has 41 heavy (non-hydrogen) atoms. The Bertz CT molecular complexity index is 1540. The van der Waals surface area contributed by atoms with E-state index in [1.807, 2.05) is 25.1 Å². The van der Waals surface area contributed by atoms with E-state index in [0.717, 1.165) is 16.8 Å². The molecule has 0 fully saturated rings. The lowest BCUT2D eigenvalue weighted by Gasteiger charge is -2.38. The number of ketones is 1. The molecule has 212 valence electrons. The number of aryl methyl sites for hydroxylation is 1. The van der Waals surface area contributed by atoms with Crippen LogP contribution in [0.1, 0.15) is 54.6 Å². The minimum absolute atomic E-state index is 0.0510. The molecule has 1 aliphatic carbocycles. The number of benzene rings is 1. The molecule has 2 atom stereocenters. The number of anilines is 1. The van der Waals surface area contributed by atoms with Crippen LogP contribution in [0.4, 0.5) is 14.6 Å². The van der Waals surface area contributed by atoms with Crippen molar-refractivity contribution in [3.05, 3.63) is 94.2 Å². The molecule has 0 bridgehead atoms. The number of hydrogen-bond acceptors (Lipinski definition) is 8. The summed E-state index contributed by atoms with van der Waals surface area (Å²) in [5.41, 5.74) is 3.53. The Morgan fingerprint density at radius 2 is 2.00 bits per heavy atom. The molecule has 3 aromatic rings. The van der Waals surface area contributed by atoms with Crippen molar-refractivity contribution in [1.29, 1.82) is 0 Å². The van der Waals surface area contributed by atoms with Gasteiger partial charge in [0.2, 0.25) is 0 Å². The number of Topliss-reactive ketones (excluding diaryl/α,β-unsaturated/α-hetero) is 1. The second kappa shape index (κ2) is 12.2. The van der Waals surface area contributed by atoms with Crippen LogP contribution in [0.5, 0.6) is 5.75 Å². The lowest BCUT2D eigenvalue weighted by molar-refractivity contribution is -0.122. The van der Waals surface area contributed by atoms with Crippen LogP contribution in [-0.4, -0.2) is 33.8 Å². The molecule has 1 amide bonds. The van der Waals surface area contributed by atoms with Crippen molar-refractivity contribution in [3.8, 4) is 5.75 Å². The summed E-state index contributed by atoms with van der Waals surface area (Å²) >= 11 is 1.21. The van der Waals surface area contributed by atoms with Gasteiger partial charge in [0.25, 0.3) is 12.3 Å². The van der Waals surface area contributed by atoms with Crippen molar-refractivity contribution < 1.29 is 23.1 Å². The highest BCUT2D eigenvalue weighted by Gasteiger charge is 2.43. The van der Waals surface area contributed by atoms with Gasteiger partial charge in [-0.1, -0.05) is 36.0 Å². The Morgan fingerprint density at radius 1 is 1.17 bits per heavy atom. The van der Waals surface area contributed by atoms with Gasteiger partial charge in [-0.15, -0.1) is 0 Å². The predicted octanol–water partition coefficient (Wildman–Crippen LogP) is 5.88. The Morgan fingerprint density at radius 3 is 2.73 bits per heavy atom. The predicted molar refractivity (Wildman–Crippen MR) is 152 cm³/mol. The van der Waals surface area contributed by atoms with E-state index in [0.29, 0.717) is 47.1 Å². The first kappa shape index (κ1) is 28.4. The van der Waals surface area contributed by atoms with Gasteiger partial charge in [0.05, 0.1) is 13.0 Å². The average molecular weight is 578 g/mol. The summed E-state index contributed by atoms with van der Waals surface area (Å²) < 4.78 is 32.2. The monoisotopic (exact) mass is 577 g/mol. The summed E-state index contributed by atoms with van der Waals surface area (Å²) in [5.74, 6) is -0.101. The molecule has 2 aliphatic rings. The maximum absolute atomic E-state index is 13.7.